The van der Waals surface area contributed by atoms with Crippen LogP contribution in [0.3, 0.4) is 0 Å². The first-order chi connectivity index (χ1) is 15.9. The summed E-state index contributed by atoms with van der Waals surface area (Å²) in [7, 11) is 0. The fourth-order valence-corrected chi connectivity index (χ4v) is 4.59. The topological polar surface area (TPSA) is 60.9 Å². The van der Waals surface area contributed by atoms with E-state index in [1.165, 1.54) is 6.20 Å². The Balaban J connectivity index is 1.61. The molecule has 164 valence electrons. The number of ketones is 1. The molecule has 0 saturated carbocycles. The summed E-state index contributed by atoms with van der Waals surface area (Å²) in [6, 6.07) is 14.0. The van der Waals surface area contributed by atoms with Crippen LogP contribution in [0.1, 0.15) is 21.7 Å². The Morgan fingerprint density at radius 1 is 0.970 bits per heavy atom. The fourth-order valence-electron chi connectivity index (χ4n) is 3.61. The van der Waals surface area contributed by atoms with Crippen molar-refractivity contribution in [1.82, 2.24) is 14.5 Å². The minimum Gasteiger partial charge on any atom is -0.433 e. The van der Waals surface area contributed by atoms with Gasteiger partial charge in [-0.25, -0.2) is 4.98 Å². The summed E-state index contributed by atoms with van der Waals surface area (Å²) in [5.74, 6) is -0.0625. The van der Waals surface area contributed by atoms with Crippen LogP contribution in [0.25, 0.3) is 22.4 Å². The maximum Gasteiger partial charge on any atom is 0.233 e. The number of benzene rings is 2. The second-order valence-corrected chi connectivity index (χ2v) is 8.89. The summed E-state index contributed by atoms with van der Waals surface area (Å²) in [5.41, 5.74) is 2.46. The zero-order valence-corrected chi connectivity index (χ0v) is 19.8. The van der Waals surface area contributed by atoms with Gasteiger partial charge in [-0.2, -0.15) is 0 Å². The number of hydrogen-bond acceptors (Lipinski definition) is 4. The predicted molar refractivity (Wildman–Crippen MR) is 131 cm³/mol. The van der Waals surface area contributed by atoms with Gasteiger partial charge in [0.15, 0.2) is 5.76 Å². The second kappa shape index (κ2) is 8.84. The molecule has 5 aromatic rings. The average molecular weight is 517 g/mol. The van der Waals surface area contributed by atoms with Gasteiger partial charge < -0.3 is 8.98 Å². The summed E-state index contributed by atoms with van der Waals surface area (Å²) >= 11 is 25.4. The molecule has 0 saturated heterocycles. The molecule has 9 heteroatoms. The molecule has 3 aromatic heterocycles. The van der Waals surface area contributed by atoms with E-state index in [-0.39, 0.29) is 22.4 Å². The van der Waals surface area contributed by atoms with Crippen molar-refractivity contribution in [2.75, 3.05) is 0 Å². The Kier molecular flexibility index (Phi) is 5.89. The highest BCUT2D eigenvalue weighted by molar-refractivity contribution is 6.38. The first-order valence-electron chi connectivity index (χ1n) is 9.74. The quantitative estimate of drug-likeness (QED) is 0.226. The predicted octanol–water partition coefficient (Wildman–Crippen LogP) is 7.58. The van der Waals surface area contributed by atoms with Crippen LogP contribution < -0.4 is 0 Å². The molecule has 0 radical (unpaired) electrons. The number of nitrogens with zero attached hydrogens (tertiary/aromatic N) is 3. The normalized spacial score (nSPS) is 11.3. The highest BCUT2D eigenvalue weighted by Crippen LogP contribution is 2.35. The number of carbonyl (C=O) groups is 1. The lowest BCUT2D eigenvalue weighted by molar-refractivity contribution is 0.101. The van der Waals surface area contributed by atoms with E-state index >= 15 is 0 Å². The second-order valence-electron chi connectivity index (χ2n) is 7.25. The Hall–Kier alpha value is -2.83. The third-order valence-electron chi connectivity index (χ3n) is 5.17. The van der Waals surface area contributed by atoms with Crippen molar-refractivity contribution in [2.24, 2.45) is 0 Å². The smallest absolute Gasteiger partial charge is 0.233 e. The van der Waals surface area contributed by atoms with Crippen LogP contribution in [-0.2, 0) is 6.54 Å². The molecule has 0 fully saturated rings. The molecule has 33 heavy (non-hydrogen) atoms. The van der Waals surface area contributed by atoms with Crippen molar-refractivity contribution < 1.29 is 9.21 Å². The minimum absolute atomic E-state index is 0.0549. The zero-order valence-electron chi connectivity index (χ0n) is 16.7. The number of oxazole rings is 1. The molecule has 5 rings (SSSR count). The lowest BCUT2D eigenvalue weighted by Gasteiger charge is -2.09. The van der Waals surface area contributed by atoms with E-state index < -0.39 is 5.78 Å². The van der Waals surface area contributed by atoms with Gasteiger partial charge in [0, 0.05) is 32.8 Å². The summed E-state index contributed by atoms with van der Waals surface area (Å²) in [5, 5.41) is 2.34. The van der Waals surface area contributed by atoms with E-state index in [2.05, 4.69) is 9.97 Å². The van der Waals surface area contributed by atoms with Gasteiger partial charge in [0.05, 0.1) is 29.4 Å². The Morgan fingerprint density at radius 2 is 1.76 bits per heavy atom. The number of halogens is 4. The number of rotatable bonds is 5. The lowest BCUT2D eigenvalue weighted by atomic mass is 10.1. The van der Waals surface area contributed by atoms with E-state index in [4.69, 9.17) is 50.8 Å². The van der Waals surface area contributed by atoms with Crippen LogP contribution in [0, 0.1) is 0 Å². The van der Waals surface area contributed by atoms with Crippen molar-refractivity contribution in [2.45, 2.75) is 6.54 Å². The largest absolute Gasteiger partial charge is 0.433 e. The van der Waals surface area contributed by atoms with Crippen LogP contribution in [0.5, 0.6) is 0 Å². The summed E-state index contributed by atoms with van der Waals surface area (Å²) in [6.45, 7) is 0.331. The Morgan fingerprint density at radius 3 is 2.52 bits per heavy atom. The van der Waals surface area contributed by atoms with Crippen molar-refractivity contribution in [3.05, 3.63) is 104 Å². The highest BCUT2D eigenvalue weighted by atomic mass is 35.5. The van der Waals surface area contributed by atoms with Gasteiger partial charge in [0.2, 0.25) is 11.7 Å². The Labute approximate surface area is 208 Å². The van der Waals surface area contributed by atoms with Crippen LogP contribution in [-0.4, -0.2) is 20.3 Å². The molecular formula is C24H13Cl4N3O2. The number of hydrogen-bond donors (Lipinski definition) is 0. The molecule has 0 aliphatic carbocycles. The van der Waals surface area contributed by atoms with Crippen molar-refractivity contribution in [3.63, 3.8) is 0 Å². The van der Waals surface area contributed by atoms with Gasteiger partial charge in [0.1, 0.15) is 5.15 Å². The maximum atomic E-state index is 13.5. The van der Waals surface area contributed by atoms with Gasteiger partial charge in [-0.05, 0) is 48.0 Å². The monoisotopic (exact) mass is 515 g/mol. The van der Waals surface area contributed by atoms with Crippen molar-refractivity contribution in [1.29, 1.82) is 0 Å². The molecule has 0 aliphatic heterocycles. The van der Waals surface area contributed by atoms with E-state index in [9.17, 15) is 4.79 Å². The number of aromatic nitrogens is 3. The molecule has 0 spiro atoms. The molecule has 0 bridgehead atoms. The van der Waals surface area contributed by atoms with Crippen LogP contribution in [0.4, 0.5) is 0 Å². The molecule has 0 atom stereocenters. The standard InChI is InChI=1S/C24H13Cl4N3O2/c25-15-5-6-19-17(8-15)21(23(28)31(19)12-14-3-4-16(26)9-18(14)27)22(32)20-11-30-24(33-20)13-2-1-7-29-10-13/h1-11H,12H2. The van der Waals surface area contributed by atoms with Crippen molar-refractivity contribution >= 4 is 63.1 Å². The van der Waals surface area contributed by atoms with E-state index in [0.29, 0.717) is 32.6 Å². The number of pyridine rings is 1. The summed E-state index contributed by atoms with van der Waals surface area (Å²) in [4.78, 5) is 21.8. The molecule has 3 heterocycles. The molecule has 0 aliphatic rings. The third-order valence-corrected chi connectivity index (χ3v) is 6.39. The van der Waals surface area contributed by atoms with Crippen LogP contribution in [0.2, 0.25) is 20.2 Å². The molecule has 0 amide bonds. The molecular weight excluding hydrogens is 504 g/mol. The maximum absolute atomic E-state index is 13.5. The summed E-state index contributed by atoms with van der Waals surface area (Å²) < 4.78 is 7.54. The van der Waals surface area contributed by atoms with Gasteiger partial charge in [-0.1, -0.05) is 52.5 Å². The third kappa shape index (κ3) is 4.13. The molecule has 0 unspecified atom stereocenters. The van der Waals surface area contributed by atoms with E-state index in [1.54, 1.807) is 53.4 Å². The van der Waals surface area contributed by atoms with Gasteiger partial charge >= 0.3 is 0 Å². The average Bonchev–Trinajstić information content (AvgIpc) is 3.39. The SMILES string of the molecule is O=C(c1cnc(-c2cccnc2)o1)c1c(Cl)n(Cc2ccc(Cl)cc2Cl)c2ccc(Cl)cc12. The van der Waals surface area contributed by atoms with E-state index in [0.717, 1.165) is 11.1 Å². The molecule has 0 N–H and O–H groups in total. The van der Waals surface area contributed by atoms with Gasteiger partial charge in [-0.3, -0.25) is 9.78 Å². The number of fused-ring (bicyclic) bond motifs is 1. The number of carbonyl (C=O) groups excluding carboxylic acids is 1. The lowest BCUT2D eigenvalue weighted by Crippen LogP contribution is -2.03. The van der Waals surface area contributed by atoms with E-state index in [1.807, 2.05) is 12.1 Å². The molecule has 5 nitrogen and oxygen atoms in total. The molecule has 2 aromatic carbocycles. The van der Waals surface area contributed by atoms with Gasteiger partial charge in [-0.15, -0.1) is 0 Å². The minimum atomic E-state index is -0.407. The van der Waals surface area contributed by atoms with Crippen molar-refractivity contribution in [3.8, 4) is 11.5 Å². The van der Waals surface area contributed by atoms with Crippen LogP contribution in [0.15, 0.2) is 71.5 Å². The first kappa shape index (κ1) is 22.0. The first-order valence-corrected chi connectivity index (χ1v) is 11.3. The highest BCUT2D eigenvalue weighted by Gasteiger charge is 2.26. The summed E-state index contributed by atoms with van der Waals surface area (Å²) in [6.07, 6.45) is 4.63. The Bertz CT molecular complexity index is 1510. The van der Waals surface area contributed by atoms with Crippen LogP contribution >= 0.6 is 46.4 Å². The van der Waals surface area contributed by atoms with Gasteiger partial charge in [0.25, 0.3) is 0 Å². The zero-order chi connectivity index (χ0) is 23.1. The fraction of sp³-hybridized carbons (Fsp3) is 0.0417.